The van der Waals surface area contributed by atoms with Crippen molar-refractivity contribution in [3.05, 3.63) is 126 Å². The summed E-state index contributed by atoms with van der Waals surface area (Å²) < 4.78 is 150. The van der Waals surface area contributed by atoms with Crippen LogP contribution in [0.25, 0.3) is 0 Å². The molecule has 11 rings (SSSR count). The molecule has 5 aromatic rings. The predicted molar refractivity (Wildman–Crippen MR) is 349 cm³/mol. The van der Waals surface area contributed by atoms with Gasteiger partial charge in [-0.2, -0.15) is 12.9 Å². The van der Waals surface area contributed by atoms with Crippen LogP contribution in [0.5, 0.6) is 34.5 Å². The molecule has 498 valence electrons. The Balaban J connectivity index is 0.595. The first-order valence-electron chi connectivity index (χ1n) is 33.1. The number of unbranched alkanes of at least 4 members (excludes halogenated alkanes) is 2. The maximum Gasteiger partial charge on any atom is 0.573 e. The molecule has 22 heteroatoms. The van der Waals surface area contributed by atoms with Crippen LogP contribution in [-0.4, -0.2) is 163 Å². The third-order valence-corrected chi connectivity index (χ3v) is 25.6. The number of rotatable bonds is 20. The van der Waals surface area contributed by atoms with E-state index in [4.69, 9.17) is 14.2 Å². The predicted octanol–water partition coefficient (Wildman–Crippen LogP) is 12.8. The number of hydrogen-bond donors (Lipinski definition) is 0. The number of nitrogens with zero attached hydrogens (tertiary/aromatic N) is 6. The summed E-state index contributed by atoms with van der Waals surface area (Å²) in [6.07, 6.45) is 6.70. The topological polar surface area (TPSA) is 159 Å². The lowest BCUT2D eigenvalue weighted by Crippen LogP contribution is -2.50. The van der Waals surface area contributed by atoms with Crippen molar-refractivity contribution in [2.24, 2.45) is 17.8 Å². The van der Waals surface area contributed by atoms with Gasteiger partial charge in [-0.05, 0) is 242 Å². The lowest BCUT2D eigenvalue weighted by Gasteiger charge is -2.44. The molecule has 0 radical (unpaired) electrons. The van der Waals surface area contributed by atoms with Crippen LogP contribution in [0.4, 0.5) is 13.2 Å². The third kappa shape index (κ3) is 16.8. The zero-order valence-corrected chi connectivity index (χ0v) is 55.7. The summed E-state index contributed by atoms with van der Waals surface area (Å²) in [4.78, 5) is 7.91. The average molecular weight is 1330 g/mol. The van der Waals surface area contributed by atoms with Gasteiger partial charge in [0.25, 0.3) is 0 Å². The molecule has 5 aromatic carbocycles. The highest BCUT2D eigenvalue weighted by Gasteiger charge is 2.39. The van der Waals surface area contributed by atoms with Crippen LogP contribution in [0.1, 0.15) is 128 Å². The monoisotopic (exact) mass is 1330 g/mol. The summed E-state index contributed by atoms with van der Waals surface area (Å²) in [5, 5.41) is 0. The number of piperidine rings is 6. The van der Waals surface area contributed by atoms with E-state index in [0.717, 1.165) is 114 Å². The van der Waals surface area contributed by atoms with Crippen molar-refractivity contribution in [3.63, 3.8) is 0 Å². The molecule has 16 nitrogen and oxygen atoms in total. The van der Waals surface area contributed by atoms with E-state index < -0.39 is 42.2 Å². The number of para-hydroxylation sites is 1. The van der Waals surface area contributed by atoms with E-state index >= 15 is 0 Å². The van der Waals surface area contributed by atoms with Gasteiger partial charge in [-0.15, -0.1) is 13.2 Å². The molecule has 2 unspecified atom stereocenters. The number of likely N-dealkylation sites (tertiary alicyclic amines) is 3. The second kappa shape index (κ2) is 29.9. The van der Waals surface area contributed by atoms with E-state index in [1.807, 2.05) is 18.2 Å². The summed E-state index contributed by atoms with van der Waals surface area (Å²) in [5.41, 5.74) is 0.976. The van der Waals surface area contributed by atoms with Crippen molar-refractivity contribution in [2.45, 2.75) is 156 Å². The number of benzene rings is 5. The van der Waals surface area contributed by atoms with Crippen LogP contribution in [0.3, 0.4) is 0 Å². The lowest BCUT2D eigenvalue weighted by atomic mass is 9.80. The number of hydrogen-bond acceptors (Lipinski definition) is 13. The zero-order valence-electron chi connectivity index (χ0n) is 53.2. The second-order valence-electron chi connectivity index (χ2n) is 26.2. The van der Waals surface area contributed by atoms with Crippen LogP contribution in [0.2, 0.25) is 0 Å². The minimum Gasteiger partial charge on any atom is -0.494 e. The molecule has 0 amide bonds. The van der Waals surface area contributed by atoms with Crippen LogP contribution in [0.15, 0.2) is 130 Å². The van der Waals surface area contributed by atoms with Gasteiger partial charge >= 0.3 is 6.36 Å². The fourth-order valence-corrected chi connectivity index (χ4v) is 18.7. The van der Waals surface area contributed by atoms with Crippen molar-refractivity contribution >= 4 is 30.1 Å². The number of halogens is 3. The first-order valence-corrected chi connectivity index (χ1v) is 37.5. The van der Waals surface area contributed by atoms with E-state index in [1.165, 1.54) is 23.2 Å². The van der Waals surface area contributed by atoms with E-state index in [2.05, 4.69) is 58.1 Å². The van der Waals surface area contributed by atoms with Gasteiger partial charge in [-0.1, -0.05) is 50.8 Å². The van der Waals surface area contributed by atoms with Gasteiger partial charge < -0.3 is 28.7 Å². The molecular formula is C70H89F3N6O10S3. The Hall–Kier alpha value is -5.74. The van der Waals surface area contributed by atoms with Crippen molar-refractivity contribution in [3.8, 4) is 46.3 Å². The Labute approximate surface area is 543 Å². The molecule has 6 fully saturated rings. The number of sulfonamides is 3. The van der Waals surface area contributed by atoms with Gasteiger partial charge in [0.2, 0.25) is 30.1 Å². The molecule has 2 atom stereocenters. The Kier molecular flexibility index (Phi) is 22.0. The van der Waals surface area contributed by atoms with Gasteiger partial charge in [0, 0.05) is 70.4 Å². The van der Waals surface area contributed by atoms with Crippen LogP contribution < -0.4 is 18.9 Å². The van der Waals surface area contributed by atoms with Crippen LogP contribution in [-0.2, 0) is 30.1 Å². The molecule has 6 aliphatic rings. The summed E-state index contributed by atoms with van der Waals surface area (Å²) >= 11 is 0. The maximum absolute atomic E-state index is 13.9. The van der Waals surface area contributed by atoms with Crippen molar-refractivity contribution in [2.75, 3.05) is 85.1 Å². The third-order valence-electron chi connectivity index (χ3n) is 19.9. The quantitative estimate of drug-likeness (QED) is 0.0536. The summed E-state index contributed by atoms with van der Waals surface area (Å²) in [7, 11) is -11.3. The van der Waals surface area contributed by atoms with E-state index in [9.17, 15) is 38.4 Å². The second-order valence-corrected chi connectivity index (χ2v) is 32.0. The average Bonchev–Trinajstić information content (AvgIpc) is 0.883. The number of alkyl halides is 3. The minimum atomic E-state index is -4.98. The lowest BCUT2D eigenvalue weighted by molar-refractivity contribution is -0.274. The van der Waals surface area contributed by atoms with Crippen LogP contribution in [0, 0.1) is 29.6 Å². The molecule has 0 bridgehead atoms. The molecule has 0 aromatic heterocycles. The largest absolute Gasteiger partial charge is 0.573 e. The molecule has 0 aliphatic carbocycles. The summed E-state index contributed by atoms with van der Waals surface area (Å²) in [6.45, 7) is 15.8. The van der Waals surface area contributed by atoms with Gasteiger partial charge in [0.05, 0.1) is 26.9 Å². The number of ether oxygens (including phenoxy) is 4. The Bertz CT molecular complexity index is 3670. The minimum absolute atomic E-state index is 0.119. The summed E-state index contributed by atoms with van der Waals surface area (Å²) in [5.74, 6) is 10.0. The van der Waals surface area contributed by atoms with Gasteiger partial charge in [0.15, 0.2) is 0 Å². The van der Waals surface area contributed by atoms with E-state index in [0.29, 0.717) is 125 Å². The Morgan fingerprint density at radius 3 is 1.40 bits per heavy atom. The molecule has 6 aliphatic heterocycles. The molecule has 0 spiro atoms. The van der Waals surface area contributed by atoms with Gasteiger partial charge in [0.1, 0.15) is 34.5 Å². The first kappa shape index (κ1) is 67.7. The van der Waals surface area contributed by atoms with Crippen molar-refractivity contribution in [1.29, 1.82) is 0 Å². The Morgan fingerprint density at radius 2 is 0.902 bits per heavy atom. The van der Waals surface area contributed by atoms with Crippen LogP contribution >= 0.6 is 0 Å². The zero-order chi connectivity index (χ0) is 64.6. The van der Waals surface area contributed by atoms with Gasteiger partial charge in [-0.3, -0.25) is 4.90 Å². The molecular weight excluding hydrogens is 1240 g/mol. The maximum atomic E-state index is 13.9. The Morgan fingerprint density at radius 1 is 0.467 bits per heavy atom. The first-order chi connectivity index (χ1) is 44.2. The molecule has 6 heterocycles. The molecule has 92 heavy (non-hydrogen) atoms. The molecule has 0 N–H and O–H groups in total. The highest BCUT2D eigenvalue weighted by molar-refractivity contribution is 7.89. The molecule has 0 saturated carbocycles. The van der Waals surface area contributed by atoms with E-state index in [-0.39, 0.29) is 32.2 Å². The SMILES string of the molecule is CC1CCN(C2CCN(S(=O)(=O)c3ccc(Oc4ccccc4C4CCN(C5CCN(S(=O)(=O)c6ccc(Oc7ccc(OCCCCC#Cc8cc(S(=O)(=O)N9CCC(N%10CCC(C)CC%10)CC9)ccc8OC(F)(F)F)cc7)cc6)CC5)CC4C)cc3)CC2)CC1. The van der Waals surface area contributed by atoms with Gasteiger partial charge in [-0.25, -0.2) is 25.3 Å². The van der Waals surface area contributed by atoms with E-state index in [1.54, 1.807) is 81.4 Å². The normalized spacial score (nSPS) is 22.0. The standard InChI is InChI=1S/C70H89F3N6O10S3/c1-52-27-38-74(39-28-52)56-31-43-77(44-32-56)91(82,83)64-23-19-62(20-24-64)88-69-12-8-7-11-67(69)66-37-42-76(51-54(66)3)58-35-47-78(48-36-58)90(80,81)63-21-17-61(18-22-63)87-60-15-13-59(14-16-60)86-49-9-5-4-6-10-55-50-65(25-26-68(55)89-70(71,72)73)92(84,85)79-45-33-57(34-46-79)75-40-29-53(2)30-41-75/h7-8,11-26,50,52-54,56-58,66H,4-5,9,27-49,51H2,1-3H3. The van der Waals surface area contributed by atoms with Crippen molar-refractivity contribution in [1.82, 2.24) is 27.6 Å². The fourth-order valence-electron chi connectivity index (χ4n) is 14.3. The fraction of sp³-hybridized carbons (Fsp3) is 0.543. The van der Waals surface area contributed by atoms with Crippen molar-refractivity contribution < 1.29 is 57.4 Å². The smallest absolute Gasteiger partial charge is 0.494 e. The summed E-state index contributed by atoms with van der Waals surface area (Å²) in [6, 6.07) is 32.8. The highest BCUT2D eigenvalue weighted by atomic mass is 32.2. The molecule has 6 saturated heterocycles. The highest BCUT2D eigenvalue weighted by Crippen LogP contribution is 2.42.